The molecule has 102 valence electrons. The lowest BCUT2D eigenvalue weighted by Gasteiger charge is -2.10. The van der Waals surface area contributed by atoms with E-state index in [1.807, 2.05) is 0 Å². The first-order valence-electron chi connectivity index (χ1n) is 5.48. The van der Waals surface area contributed by atoms with E-state index in [1.165, 1.54) is 24.7 Å². The summed E-state index contributed by atoms with van der Waals surface area (Å²) in [5, 5.41) is 0. The van der Waals surface area contributed by atoms with Crippen LogP contribution in [0, 0.1) is 5.82 Å². The van der Waals surface area contributed by atoms with E-state index in [4.69, 9.17) is 5.73 Å². The molecule has 0 atom stereocenters. The third-order valence-electron chi connectivity index (χ3n) is 2.55. The molecule has 2 rings (SSSR count). The van der Waals surface area contributed by atoms with Gasteiger partial charge in [-0.2, -0.15) is 0 Å². The van der Waals surface area contributed by atoms with E-state index in [-0.39, 0.29) is 18.0 Å². The molecule has 1 aromatic carbocycles. The van der Waals surface area contributed by atoms with Crippen molar-refractivity contribution in [1.82, 2.24) is 14.7 Å². The highest BCUT2D eigenvalue weighted by Gasteiger charge is 2.18. The van der Waals surface area contributed by atoms with Crippen LogP contribution < -0.4 is 10.5 Å². The summed E-state index contributed by atoms with van der Waals surface area (Å²) in [4.78, 5) is 6.39. The standard InChI is InChI=1S/C11H13FN4O2S/c12-9-2-1-8(4-13)11(3-9)19(17,18)16-6-10-5-14-7-15-10/h1-3,5,7,16H,4,6,13H2,(H,14,15). The topological polar surface area (TPSA) is 101 Å². The van der Waals surface area contributed by atoms with E-state index in [0.29, 0.717) is 11.3 Å². The number of benzene rings is 1. The van der Waals surface area contributed by atoms with Crippen LogP contribution in [0.4, 0.5) is 4.39 Å². The van der Waals surface area contributed by atoms with Crippen LogP contribution in [-0.2, 0) is 23.1 Å². The van der Waals surface area contributed by atoms with Gasteiger partial charge in [-0.15, -0.1) is 0 Å². The zero-order valence-corrected chi connectivity index (χ0v) is 10.7. The molecule has 0 amide bonds. The minimum atomic E-state index is -3.82. The first-order valence-corrected chi connectivity index (χ1v) is 6.96. The van der Waals surface area contributed by atoms with E-state index in [0.717, 1.165) is 6.07 Å². The monoisotopic (exact) mass is 284 g/mol. The third kappa shape index (κ3) is 3.16. The van der Waals surface area contributed by atoms with Gasteiger partial charge in [-0.05, 0) is 17.7 Å². The Labute approximate surface area is 109 Å². The molecule has 6 nitrogen and oxygen atoms in total. The number of aromatic nitrogens is 2. The van der Waals surface area contributed by atoms with Crippen LogP contribution in [0.1, 0.15) is 11.3 Å². The number of sulfonamides is 1. The number of H-pyrrole nitrogens is 1. The van der Waals surface area contributed by atoms with Crippen molar-refractivity contribution in [3.63, 3.8) is 0 Å². The number of nitrogens with one attached hydrogen (secondary N) is 2. The first kappa shape index (κ1) is 13.7. The molecule has 2 aromatic rings. The van der Waals surface area contributed by atoms with Gasteiger partial charge >= 0.3 is 0 Å². The maximum atomic E-state index is 13.2. The maximum Gasteiger partial charge on any atom is 0.241 e. The summed E-state index contributed by atoms with van der Waals surface area (Å²) in [7, 11) is -3.82. The average molecular weight is 284 g/mol. The zero-order valence-electron chi connectivity index (χ0n) is 9.93. The molecule has 1 heterocycles. The van der Waals surface area contributed by atoms with Crippen LogP contribution >= 0.6 is 0 Å². The van der Waals surface area contributed by atoms with Crippen LogP contribution in [0.3, 0.4) is 0 Å². The average Bonchev–Trinajstić information content (AvgIpc) is 2.89. The van der Waals surface area contributed by atoms with Gasteiger partial charge in [-0.1, -0.05) is 6.07 Å². The summed E-state index contributed by atoms with van der Waals surface area (Å²) in [6.45, 7) is 0.0590. The molecule has 1 aromatic heterocycles. The van der Waals surface area contributed by atoms with E-state index in [1.54, 1.807) is 0 Å². The van der Waals surface area contributed by atoms with Crippen molar-refractivity contribution in [2.24, 2.45) is 5.73 Å². The summed E-state index contributed by atoms with van der Waals surface area (Å²) in [6, 6.07) is 3.49. The smallest absolute Gasteiger partial charge is 0.241 e. The molecule has 4 N–H and O–H groups in total. The Bertz CT molecular complexity index is 655. The summed E-state index contributed by atoms with van der Waals surface area (Å²) >= 11 is 0. The second-order valence-corrected chi connectivity index (χ2v) is 5.59. The Morgan fingerprint density at radius 2 is 2.21 bits per heavy atom. The van der Waals surface area contributed by atoms with Crippen molar-refractivity contribution < 1.29 is 12.8 Å². The van der Waals surface area contributed by atoms with Gasteiger partial charge in [0.05, 0.1) is 17.8 Å². The number of nitrogens with two attached hydrogens (primary N) is 1. The number of aromatic amines is 1. The summed E-state index contributed by atoms with van der Waals surface area (Å²) in [5.41, 5.74) is 6.42. The number of halogens is 1. The largest absolute Gasteiger partial charge is 0.347 e. The Morgan fingerprint density at radius 1 is 1.42 bits per heavy atom. The van der Waals surface area contributed by atoms with Gasteiger partial charge in [-0.3, -0.25) is 0 Å². The predicted octanol–water partition coefficient (Wildman–Crippen LogP) is 0.486. The highest BCUT2D eigenvalue weighted by atomic mass is 32.2. The fourth-order valence-corrected chi connectivity index (χ4v) is 2.84. The van der Waals surface area contributed by atoms with E-state index in [2.05, 4.69) is 14.7 Å². The second-order valence-electron chi connectivity index (χ2n) is 3.86. The summed E-state index contributed by atoms with van der Waals surface area (Å²) in [5.74, 6) is -0.626. The van der Waals surface area contributed by atoms with Crippen molar-refractivity contribution in [1.29, 1.82) is 0 Å². The van der Waals surface area contributed by atoms with E-state index in [9.17, 15) is 12.8 Å². The molecule has 0 saturated carbocycles. The maximum absolute atomic E-state index is 13.2. The van der Waals surface area contributed by atoms with Crippen molar-refractivity contribution in [2.75, 3.05) is 0 Å². The number of hydrogen-bond donors (Lipinski definition) is 3. The number of rotatable bonds is 5. The number of nitrogens with zero attached hydrogens (tertiary/aromatic N) is 1. The Balaban J connectivity index is 2.26. The fraction of sp³-hybridized carbons (Fsp3) is 0.182. The van der Waals surface area contributed by atoms with Crippen LogP contribution in [0.5, 0.6) is 0 Å². The molecule has 0 bridgehead atoms. The van der Waals surface area contributed by atoms with Crippen LogP contribution in [0.2, 0.25) is 0 Å². The number of imidazole rings is 1. The molecule has 0 aliphatic heterocycles. The molecule has 19 heavy (non-hydrogen) atoms. The molecule has 0 radical (unpaired) electrons. The fourth-order valence-electron chi connectivity index (χ4n) is 1.58. The summed E-state index contributed by atoms with van der Waals surface area (Å²) < 4.78 is 39.7. The van der Waals surface area contributed by atoms with E-state index < -0.39 is 15.8 Å². The molecular formula is C11H13FN4O2S. The Kier molecular flexibility index (Phi) is 3.93. The van der Waals surface area contributed by atoms with E-state index >= 15 is 0 Å². The zero-order chi connectivity index (χ0) is 13.9. The van der Waals surface area contributed by atoms with Crippen LogP contribution in [-0.4, -0.2) is 18.4 Å². The first-order chi connectivity index (χ1) is 9.03. The summed E-state index contributed by atoms with van der Waals surface area (Å²) in [6.07, 6.45) is 2.94. The molecule has 0 fully saturated rings. The highest BCUT2D eigenvalue weighted by Crippen LogP contribution is 2.17. The van der Waals surface area contributed by atoms with Gasteiger partial charge in [0.2, 0.25) is 10.0 Å². The molecule has 0 aliphatic rings. The minimum Gasteiger partial charge on any atom is -0.347 e. The van der Waals surface area contributed by atoms with Crippen molar-refractivity contribution in [3.05, 3.63) is 47.8 Å². The quantitative estimate of drug-likeness (QED) is 0.743. The van der Waals surface area contributed by atoms with Crippen molar-refractivity contribution in [3.8, 4) is 0 Å². The lowest BCUT2D eigenvalue weighted by atomic mass is 10.2. The molecule has 0 spiro atoms. The van der Waals surface area contributed by atoms with Gasteiger partial charge in [-0.25, -0.2) is 22.5 Å². The Morgan fingerprint density at radius 3 is 2.84 bits per heavy atom. The lowest BCUT2D eigenvalue weighted by molar-refractivity contribution is 0.575. The predicted molar refractivity (Wildman–Crippen MR) is 66.9 cm³/mol. The van der Waals surface area contributed by atoms with Crippen molar-refractivity contribution in [2.45, 2.75) is 18.0 Å². The molecular weight excluding hydrogens is 271 g/mol. The molecule has 0 saturated heterocycles. The van der Waals surface area contributed by atoms with Gasteiger partial charge in [0, 0.05) is 18.4 Å². The Hall–Kier alpha value is -1.77. The molecule has 0 aliphatic carbocycles. The van der Waals surface area contributed by atoms with Gasteiger partial charge in [0.1, 0.15) is 5.82 Å². The normalized spacial score (nSPS) is 11.7. The van der Waals surface area contributed by atoms with Gasteiger partial charge in [0.15, 0.2) is 0 Å². The minimum absolute atomic E-state index is 0.0145. The highest BCUT2D eigenvalue weighted by molar-refractivity contribution is 7.89. The van der Waals surface area contributed by atoms with Gasteiger partial charge in [0.25, 0.3) is 0 Å². The van der Waals surface area contributed by atoms with Crippen LogP contribution in [0.25, 0.3) is 0 Å². The third-order valence-corrected chi connectivity index (χ3v) is 4.03. The molecule has 8 heteroatoms. The van der Waals surface area contributed by atoms with Gasteiger partial charge < -0.3 is 10.7 Å². The lowest BCUT2D eigenvalue weighted by Crippen LogP contribution is -2.25. The second kappa shape index (κ2) is 5.47. The SMILES string of the molecule is NCc1ccc(F)cc1S(=O)(=O)NCc1cnc[nH]1. The van der Waals surface area contributed by atoms with Crippen LogP contribution in [0.15, 0.2) is 35.6 Å². The number of hydrogen-bond acceptors (Lipinski definition) is 4. The molecule has 0 unspecified atom stereocenters. The van der Waals surface area contributed by atoms with Crippen molar-refractivity contribution >= 4 is 10.0 Å².